The third-order valence-electron chi connectivity index (χ3n) is 1.66. The van der Waals surface area contributed by atoms with Gasteiger partial charge in [0.05, 0.1) is 0 Å². The molecule has 0 amide bonds. The third kappa shape index (κ3) is 6.14. The fraction of sp³-hybridized carbons (Fsp3) is 0.545. The molecule has 0 N–H and O–H groups in total. The number of hydrogen-bond acceptors (Lipinski definition) is 2. The molecule has 0 aliphatic carbocycles. The highest BCUT2D eigenvalue weighted by Crippen LogP contribution is 2.02. The zero-order valence-corrected chi connectivity index (χ0v) is 8.51. The predicted octanol–water partition coefficient (Wildman–Crippen LogP) is 2.85. The highest BCUT2D eigenvalue weighted by molar-refractivity contribution is 5.87. The van der Waals surface area contributed by atoms with Gasteiger partial charge in [0.1, 0.15) is 6.61 Å². The average molecular weight is 182 g/mol. The predicted molar refractivity (Wildman–Crippen MR) is 54.4 cm³/mol. The van der Waals surface area contributed by atoms with E-state index in [1.165, 1.54) is 0 Å². The van der Waals surface area contributed by atoms with Gasteiger partial charge in [-0.25, -0.2) is 4.79 Å². The van der Waals surface area contributed by atoms with E-state index in [0.717, 1.165) is 19.3 Å². The van der Waals surface area contributed by atoms with Crippen molar-refractivity contribution in [3.63, 3.8) is 0 Å². The zero-order valence-electron chi connectivity index (χ0n) is 8.51. The number of allylic oxidation sites excluding steroid dienone is 1. The standard InChI is InChI=1S/C11H18O2/c1-4-6-7-8-10(3)11(12)13-9-5-2/h5,8H,2,4,6-7,9H2,1,3H3. The number of rotatable bonds is 6. The van der Waals surface area contributed by atoms with Gasteiger partial charge in [0, 0.05) is 5.57 Å². The summed E-state index contributed by atoms with van der Waals surface area (Å²) in [5.74, 6) is -0.240. The topological polar surface area (TPSA) is 26.3 Å². The molecule has 2 heteroatoms. The number of carbonyl (C=O) groups excluding carboxylic acids is 1. The summed E-state index contributed by atoms with van der Waals surface area (Å²) in [6, 6.07) is 0. The molecule has 0 aromatic heterocycles. The molecular weight excluding hydrogens is 164 g/mol. The zero-order chi connectivity index (χ0) is 10.1. The van der Waals surface area contributed by atoms with Gasteiger partial charge in [0.25, 0.3) is 0 Å². The van der Waals surface area contributed by atoms with Crippen LogP contribution in [-0.2, 0) is 9.53 Å². The van der Waals surface area contributed by atoms with Gasteiger partial charge in [-0.05, 0) is 13.3 Å². The first-order valence-electron chi connectivity index (χ1n) is 4.67. The number of ether oxygens (including phenoxy) is 1. The van der Waals surface area contributed by atoms with E-state index in [0.29, 0.717) is 5.57 Å². The summed E-state index contributed by atoms with van der Waals surface area (Å²) in [5, 5.41) is 0. The summed E-state index contributed by atoms with van der Waals surface area (Å²) in [4.78, 5) is 11.2. The minimum atomic E-state index is -0.240. The van der Waals surface area contributed by atoms with Crippen LogP contribution in [0.15, 0.2) is 24.3 Å². The Morgan fingerprint density at radius 1 is 1.54 bits per heavy atom. The van der Waals surface area contributed by atoms with Crippen molar-refractivity contribution in [3.8, 4) is 0 Å². The van der Waals surface area contributed by atoms with E-state index in [1.807, 2.05) is 6.08 Å². The molecular formula is C11H18O2. The molecule has 0 unspecified atom stereocenters. The largest absolute Gasteiger partial charge is 0.458 e. The fourth-order valence-electron chi connectivity index (χ4n) is 0.854. The molecule has 74 valence electrons. The molecule has 0 radical (unpaired) electrons. The Morgan fingerprint density at radius 2 is 2.23 bits per heavy atom. The molecule has 2 nitrogen and oxygen atoms in total. The van der Waals surface area contributed by atoms with E-state index in [2.05, 4.69) is 13.5 Å². The van der Waals surface area contributed by atoms with Crippen LogP contribution in [0.25, 0.3) is 0 Å². The molecule has 0 bridgehead atoms. The molecule has 0 aromatic carbocycles. The highest BCUT2D eigenvalue weighted by atomic mass is 16.5. The lowest BCUT2D eigenvalue weighted by molar-refractivity contribution is -0.137. The van der Waals surface area contributed by atoms with Gasteiger partial charge in [-0.2, -0.15) is 0 Å². The maximum Gasteiger partial charge on any atom is 0.333 e. The first-order valence-corrected chi connectivity index (χ1v) is 4.67. The van der Waals surface area contributed by atoms with Crippen molar-refractivity contribution >= 4 is 5.97 Å². The molecule has 0 spiro atoms. The van der Waals surface area contributed by atoms with Gasteiger partial charge in [-0.1, -0.05) is 38.5 Å². The second-order valence-electron chi connectivity index (χ2n) is 2.92. The highest BCUT2D eigenvalue weighted by Gasteiger charge is 2.02. The van der Waals surface area contributed by atoms with Crippen molar-refractivity contribution in [1.82, 2.24) is 0 Å². The lowest BCUT2D eigenvalue weighted by atomic mass is 10.2. The van der Waals surface area contributed by atoms with Crippen LogP contribution in [0.1, 0.15) is 33.1 Å². The molecule has 13 heavy (non-hydrogen) atoms. The maximum absolute atomic E-state index is 11.2. The lowest BCUT2D eigenvalue weighted by Crippen LogP contribution is -2.05. The molecule has 0 aliphatic heterocycles. The van der Waals surface area contributed by atoms with Crippen molar-refractivity contribution in [2.24, 2.45) is 0 Å². The SMILES string of the molecule is C=CCOC(=O)C(C)=CCCCC. The summed E-state index contributed by atoms with van der Waals surface area (Å²) < 4.78 is 4.86. The van der Waals surface area contributed by atoms with Crippen molar-refractivity contribution in [2.45, 2.75) is 33.1 Å². The van der Waals surface area contributed by atoms with Crippen LogP contribution < -0.4 is 0 Å². The Balaban J connectivity index is 3.79. The second kappa shape index (κ2) is 7.59. The van der Waals surface area contributed by atoms with E-state index in [1.54, 1.807) is 13.0 Å². The number of esters is 1. The number of hydrogen-bond donors (Lipinski definition) is 0. The molecule has 0 fully saturated rings. The molecule has 0 saturated carbocycles. The van der Waals surface area contributed by atoms with Gasteiger partial charge in [-0.15, -0.1) is 0 Å². The molecule has 0 heterocycles. The van der Waals surface area contributed by atoms with E-state index in [4.69, 9.17) is 4.74 Å². The molecule has 0 aromatic rings. The minimum absolute atomic E-state index is 0.240. The van der Waals surface area contributed by atoms with Crippen LogP contribution in [0.5, 0.6) is 0 Å². The van der Waals surface area contributed by atoms with Crippen molar-refractivity contribution in [2.75, 3.05) is 6.61 Å². The van der Waals surface area contributed by atoms with Gasteiger partial charge in [-0.3, -0.25) is 0 Å². The fourth-order valence-corrected chi connectivity index (χ4v) is 0.854. The quantitative estimate of drug-likeness (QED) is 0.273. The number of unbranched alkanes of at least 4 members (excludes halogenated alkanes) is 2. The third-order valence-corrected chi connectivity index (χ3v) is 1.66. The van der Waals surface area contributed by atoms with Crippen LogP contribution in [0.2, 0.25) is 0 Å². The molecule has 0 rings (SSSR count). The number of carbonyl (C=O) groups is 1. The van der Waals surface area contributed by atoms with Crippen LogP contribution in [-0.4, -0.2) is 12.6 Å². The summed E-state index contributed by atoms with van der Waals surface area (Å²) in [7, 11) is 0. The molecule has 0 saturated heterocycles. The van der Waals surface area contributed by atoms with E-state index >= 15 is 0 Å². The Bertz CT molecular complexity index is 192. The van der Waals surface area contributed by atoms with Crippen LogP contribution >= 0.6 is 0 Å². The van der Waals surface area contributed by atoms with E-state index in [9.17, 15) is 4.79 Å². The Hall–Kier alpha value is -1.05. The Morgan fingerprint density at radius 3 is 2.77 bits per heavy atom. The second-order valence-corrected chi connectivity index (χ2v) is 2.92. The van der Waals surface area contributed by atoms with Crippen LogP contribution in [0, 0.1) is 0 Å². The summed E-state index contributed by atoms with van der Waals surface area (Å²) in [5.41, 5.74) is 0.690. The first kappa shape index (κ1) is 11.9. The average Bonchev–Trinajstić information content (AvgIpc) is 2.14. The summed E-state index contributed by atoms with van der Waals surface area (Å²) in [6.07, 6.45) is 6.70. The van der Waals surface area contributed by atoms with Gasteiger partial charge < -0.3 is 4.74 Å². The maximum atomic E-state index is 11.2. The van der Waals surface area contributed by atoms with E-state index < -0.39 is 0 Å². The van der Waals surface area contributed by atoms with Gasteiger partial charge in [0.2, 0.25) is 0 Å². The molecule has 0 atom stereocenters. The monoisotopic (exact) mass is 182 g/mol. The Kier molecular flexibility index (Phi) is 6.98. The van der Waals surface area contributed by atoms with Crippen LogP contribution in [0.4, 0.5) is 0 Å². The van der Waals surface area contributed by atoms with Crippen LogP contribution in [0.3, 0.4) is 0 Å². The minimum Gasteiger partial charge on any atom is -0.458 e. The van der Waals surface area contributed by atoms with Gasteiger partial charge in [0.15, 0.2) is 0 Å². The van der Waals surface area contributed by atoms with Gasteiger partial charge >= 0.3 is 5.97 Å². The van der Waals surface area contributed by atoms with Crippen molar-refractivity contribution in [1.29, 1.82) is 0 Å². The molecule has 0 aliphatic rings. The smallest absolute Gasteiger partial charge is 0.333 e. The first-order chi connectivity index (χ1) is 6.22. The van der Waals surface area contributed by atoms with Crippen molar-refractivity contribution in [3.05, 3.63) is 24.3 Å². The van der Waals surface area contributed by atoms with Crippen molar-refractivity contribution < 1.29 is 9.53 Å². The summed E-state index contributed by atoms with van der Waals surface area (Å²) >= 11 is 0. The normalized spacial score (nSPS) is 11.1. The Labute approximate surface area is 80.3 Å². The lowest BCUT2D eigenvalue weighted by Gasteiger charge is -2.01. The summed E-state index contributed by atoms with van der Waals surface area (Å²) in [6.45, 7) is 7.66. The van der Waals surface area contributed by atoms with E-state index in [-0.39, 0.29) is 12.6 Å².